The SMILES string of the molecule is CCCNc1nccc(N2CCSC(C)(C)C2)n1. The largest absolute Gasteiger partial charge is 0.354 e. The van der Waals surface area contributed by atoms with E-state index in [0.29, 0.717) is 4.75 Å². The number of anilines is 2. The molecule has 1 saturated heterocycles. The van der Waals surface area contributed by atoms with E-state index in [4.69, 9.17) is 0 Å². The topological polar surface area (TPSA) is 41.1 Å². The zero-order chi connectivity index (χ0) is 13.0. The molecular weight excluding hydrogens is 244 g/mol. The molecule has 18 heavy (non-hydrogen) atoms. The Labute approximate surface area is 114 Å². The lowest BCUT2D eigenvalue weighted by molar-refractivity contribution is 0.642. The van der Waals surface area contributed by atoms with Crippen LogP contribution in [0, 0.1) is 0 Å². The summed E-state index contributed by atoms with van der Waals surface area (Å²) in [7, 11) is 0. The van der Waals surface area contributed by atoms with Gasteiger partial charge in [-0.3, -0.25) is 0 Å². The minimum atomic E-state index is 0.306. The first-order valence-corrected chi connectivity index (χ1v) is 7.55. The van der Waals surface area contributed by atoms with Crippen LogP contribution in [0.15, 0.2) is 12.3 Å². The highest BCUT2D eigenvalue weighted by Gasteiger charge is 2.27. The monoisotopic (exact) mass is 266 g/mol. The van der Waals surface area contributed by atoms with E-state index in [2.05, 4.69) is 41.0 Å². The number of rotatable bonds is 4. The van der Waals surface area contributed by atoms with Crippen LogP contribution in [0.1, 0.15) is 27.2 Å². The van der Waals surface area contributed by atoms with Gasteiger partial charge < -0.3 is 10.2 Å². The number of aromatic nitrogens is 2. The van der Waals surface area contributed by atoms with Crippen LogP contribution in [0.25, 0.3) is 0 Å². The molecule has 1 fully saturated rings. The van der Waals surface area contributed by atoms with E-state index in [1.807, 2.05) is 24.0 Å². The van der Waals surface area contributed by atoms with Gasteiger partial charge in [0, 0.05) is 36.3 Å². The minimum Gasteiger partial charge on any atom is -0.354 e. The molecule has 4 nitrogen and oxygen atoms in total. The Morgan fingerprint density at radius 1 is 1.50 bits per heavy atom. The van der Waals surface area contributed by atoms with Gasteiger partial charge in [-0.15, -0.1) is 0 Å². The summed E-state index contributed by atoms with van der Waals surface area (Å²) in [5.41, 5.74) is 0. The Morgan fingerprint density at radius 3 is 3.06 bits per heavy atom. The lowest BCUT2D eigenvalue weighted by atomic mass is 10.2. The third-order valence-corrected chi connectivity index (χ3v) is 4.22. The van der Waals surface area contributed by atoms with E-state index in [-0.39, 0.29) is 0 Å². The molecule has 0 atom stereocenters. The van der Waals surface area contributed by atoms with Crippen molar-refractivity contribution in [2.75, 3.05) is 35.6 Å². The van der Waals surface area contributed by atoms with Gasteiger partial charge in [-0.05, 0) is 26.3 Å². The summed E-state index contributed by atoms with van der Waals surface area (Å²) in [4.78, 5) is 11.2. The summed E-state index contributed by atoms with van der Waals surface area (Å²) in [5.74, 6) is 2.94. The van der Waals surface area contributed by atoms with Gasteiger partial charge in [-0.2, -0.15) is 16.7 Å². The first kappa shape index (κ1) is 13.5. The zero-order valence-corrected chi connectivity index (χ0v) is 12.3. The molecule has 0 aromatic carbocycles. The Hall–Kier alpha value is -0.970. The van der Waals surface area contributed by atoms with Crippen LogP contribution in [-0.4, -0.2) is 40.1 Å². The second-order valence-electron chi connectivity index (χ2n) is 5.19. The van der Waals surface area contributed by atoms with Crippen LogP contribution in [0.3, 0.4) is 0 Å². The van der Waals surface area contributed by atoms with Crippen LogP contribution in [-0.2, 0) is 0 Å². The number of hydrogen-bond donors (Lipinski definition) is 1. The average molecular weight is 266 g/mol. The molecule has 0 spiro atoms. The number of nitrogens with one attached hydrogen (secondary N) is 1. The van der Waals surface area contributed by atoms with Gasteiger partial charge in [0.25, 0.3) is 0 Å². The summed E-state index contributed by atoms with van der Waals surface area (Å²) in [6.45, 7) is 9.76. The average Bonchev–Trinajstić information content (AvgIpc) is 2.35. The second-order valence-corrected chi connectivity index (χ2v) is 7.00. The smallest absolute Gasteiger partial charge is 0.224 e. The molecular formula is C13H22N4S. The minimum absolute atomic E-state index is 0.306. The molecule has 1 aliphatic rings. The van der Waals surface area contributed by atoms with Crippen molar-refractivity contribution in [1.82, 2.24) is 9.97 Å². The predicted molar refractivity (Wildman–Crippen MR) is 79.6 cm³/mol. The van der Waals surface area contributed by atoms with Crippen molar-refractivity contribution in [3.8, 4) is 0 Å². The van der Waals surface area contributed by atoms with E-state index < -0.39 is 0 Å². The maximum absolute atomic E-state index is 4.59. The maximum atomic E-state index is 4.59. The van der Waals surface area contributed by atoms with Crippen LogP contribution in [0.5, 0.6) is 0 Å². The highest BCUT2D eigenvalue weighted by molar-refractivity contribution is 8.00. The van der Waals surface area contributed by atoms with Crippen LogP contribution < -0.4 is 10.2 Å². The number of hydrogen-bond acceptors (Lipinski definition) is 5. The Kier molecular flexibility index (Phi) is 4.32. The van der Waals surface area contributed by atoms with Crippen molar-refractivity contribution in [3.05, 3.63) is 12.3 Å². The third kappa shape index (κ3) is 3.51. The molecule has 2 heterocycles. The fourth-order valence-electron chi connectivity index (χ4n) is 2.06. The fraction of sp³-hybridized carbons (Fsp3) is 0.692. The third-order valence-electron chi connectivity index (χ3n) is 2.92. The molecule has 2 rings (SSSR count). The highest BCUT2D eigenvalue weighted by Crippen LogP contribution is 2.31. The summed E-state index contributed by atoms with van der Waals surface area (Å²) in [6.07, 6.45) is 2.93. The van der Waals surface area contributed by atoms with Crippen LogP contribution in [0.2, 0.25) is 0 Å². The van der Waals surface area contributed by atoms with Gasteiger partial charge in [-0.25, -0.2) is 4.98 Å². The van der Waals surface area contributed by atoms with Gasteiger partial charge in [0.1, 0.15) is 5.82 Å². The normalized spacial score (nSPS) is 18.7. The van der Waals surface area contributed by atoms with E-state index in [1.54, 1.807) is 0 Å². The first-order chi connectivity index (χ1) is 8.61. The summed E-state index contributed by atoms with van der Waals surface area (Å²) < 4.78 is 0.306. The van der Waals surface area contributed by atoms with Crippen molar-refractivity contribution < 1.29 is 0 Å². The zero-order valence-electron chi connectivity index (χ0n) is 11.4. The summed E-state index contributed by atoms with van der Waals surface area (Å²) in [6, 6.07) is 2.00. The standard InChI is InChI=1S/C13H22N4S/c1-4-6-14-12-15-7-5-11(16-12)17-8-9-18-13(2,3)10-17/h5,7H,4,6,8-10H2,1-3H3,(H,14,15,16). The molecule has 0 amide bonds. The van der Waals surface area contributed by atoms with Gasteiger partial charge in [0.05, 0.1) is 0 Å². The molecule has 0 unspecified atom stereocenters. The van der Waals surface area contributed by atoms with Crippen LogP contribution in [0.4, 0.5) is 11.8 Å². The molecule has 0 bridgehead atoms. The molecule has 100 valence electrons. The van der Waals surface area contributed by atoms with Crippen LogP contribution >= 0.6 is 11.8 Å². The van der Waals surface area contributed by atoms with E-state index in [1.165, 1.54) is 0 Å². The fourth-order valence-corrected chi connectivity index (χ4v) is 3.17. The molecule has 5 heteroatoms. The van der Waals surface area contributed by atoms with E-state index >= 15 is 0 Å². The first-order valence-electron chi connectivity index (χ1n) is 6.56. The molecule has 0 radical (unpaired) electrons. The maximum Gasteiger partial charge on any atom is 0.224 e. The number of thioether (sulfide) groups is 1. The van der Waals surface area contributed by atoms with Crippen molar-refractivity contribution in [2.45, 2.75) is 31.9 Å². The van der Waals surface area contributed by atoms with Gasteiger partial charge in [-0.1, -0.05) is 6.92 Å². The highest BCUT2D eigenvalue weighted by atomic mass is 32.2. The van der Waals surface area contributed by atoms with Gasteiger partial charge in [0.2, 0.25) is 5.95 Å². The molecule has 0 aliphatic carbocycles. The van der Waals surface area contributed by atoms with E-state index in [0.717, 1.165) is 43.6 Å². The Morgan fingerprint density at radius 2 is 2.33 bits per heavy atom. The predicted octanol–water partition coefficient (Wildman–Crippen LogP) is 2.63. The molecule has 1 aliphatic heterocycles. The van der Waals surface area contributed by atoms with Gasteiger partial charge in [0.15, 0.2) is 0 Å². The molecule has 0 saturated carbocycles. The Balaban J connectivity index is 2.07. The second kappa shape index (κ2) is 5.78. The lowest BCUT2D eigenvalue weighted by Gasteiger charge is -2.38. The summed E-state index contributed by atoms with van der Waals surface area (Å²) in [5, 5.41) is 3.24. The lowest BCUT2D eigenvalue weighted by Crippen LogP contribution is -2.43. The summed E-state index contributed by atoms with van der Waals surface area (Å²) >= 11 is 2.04. The molecule has 1 aromatic heterocycles. The van der Waals surface area contributed by atoms with Gasteiger partial charge >= 0.3 is 0 Å². The number of nitrogens with zero attached hydrogens (tertiary/aromatic N) is 3. The molecule has 1 aromatic rings. The molecule has 1 N–H and O–H groups in total. The Bertz CT molecular complexity index is 394. The quantitative estimate of drug-likeness (QED) is 0.907. The van der Waals surface area contributed by atoms with E-state index in [9.17, 15) is 0 Å². The van der Waals surface area contributed by atoms with Crippen molar-refractivity contribution in [1.29, 1.82) is 0 Å². The van der Waals surface area contributed by atoms with Crippen molar-refractivity contribution >= 4 is 23.5 Å². The van der Waals surface area contributed by atoms with Crippen molar-refractivity contribution in [3.63, 3.8) is 0 Å². The van der Waals surface area contributed by atoms with Crippen molar-refractivity contribution in [2.24, 2.45) is 0 Å².